The topological polar surface area (TPSA) is 64.7 Å². The molecular formula is C26H44N4O2. The van der Waals surface area contributed by atoms with Crippen molar-refractivity contribution in [1.29, 1.82) is 0 Å². The van der Waals surface area contributed by atoms with Crippen LogP contribution >= 0.6 is 0 Å². The normalized spacial score (nSPS) is 25.6. The van der Waals surface area contributed by atoms with Gasteiger partial charge in [0.15, 0.2) is 0 Å². The molecule has 2 amide bonds. The highest BCUT2D eigenvalue weighted by Gasteiger charge is 2.41. The lowest BCUT2D eigenvalue weighted by atomic mass is 9.96. The first-order valence-electron chi connectivity index (χ1n) is 12.9. The first kappa shape index (κ1) is 25.0. The number of rotatable bonds is 10. The van der Waals surface area contributed by atoms with Gasteiger partial charge >= 0.3 is 0 Å². The third-order valence-corrected chi connectivity index (χ3v) is 7.60. The number of likely N-dealkylation sites (N-methyl/N-ethyl adjacent to an activating group) is 1. The van der Waals surface area contributed by atoms with E-state index < -0.39 is 6.04 Å². The number of carbonyl (C=O) groups excluding carboxylic acids is 2. The van der Waals surface area contributed by atoms with Gasteiger partial charge in [0.25, 0.3) is 0 Å². The zero-order chi connectivity index (χ0) is 22.9. The standard InChI is InChI=1S/C26H44N4O2/c1-4-5-13-23(28-25(31)20(2)27-3)26(32)30-18-15-22-12-9-16-29(19-24(22)30)17-14-21-10-7-6-8-11-21/h6-7,10,20,22-24,27H,4-5,8-9,11-19H2,1-3H3,(H,28,31)/t20-,22+,23-,24+/m0/s1. The molecule has 1 aliphatic carbocycles. The molecule has 0 aromatic heterocycles. The van der Waals surface area contributed by atoms with E-state index in [1.54, 1.807) is 12.6 Å². The zero-order valence-corrected chi connectivity index (χ0v) is 20.4. The molecule has 0 spiro atoms. The maximum Gasteiger partial charge on any atom is 0.245 e. The van der Waals surface area contributed by atoms with E-state index in [0.29, 0.717) is 5.92 Å². The lowest BCUT2D eigenvalue weighted by molar-refractivity contribution is -0.138. The number of nitrogens with one attached hydrogen (secondary N) is 2. The molecule has 2 fully saturated rings. The van der Waals surface area contributed by atoms with Gasteiger partial charge in [-0.05, 0) is 71.4 Å². The summed E-state index contributed by atoms with van der Waals surface area (Å²) in [7, 11) is 1.78. The number of likely N-dealkylation sites (tertiary alicyclic amines) is 2. The van der Waals surface area contributed by atoms with Gasteiger partial charge < -0.3 is 20.4 Å². The Morgan fingerprint density at radius 1 is 1.25 bits per heavy atom. The molecule has 0 aromatic carbocycles. The van der Waals surface area contributed by atoms with E-state index in [1.165, 1.54) is 19.3 Å². The highest BCUT2D eigenvalue weighted by atomic mass is 16.2. The summed E-state index contributed by atoms with van der Waals surface area (Å²) in [5.74, 6) is 0.638. The Hall–Kier alpha value is -1.66. The minimum absolute atomic E-state index is 0.0880. The SMILES string of the molecule is CCCC[C@H](NC(=O)[C@H](C)NC)C(=O)N1CC[C@H]2CCCN(CCC3=CC=CCC3)C[C@H]21. The van der Waals surface area contributed by atoms with Crippen molar-refractivity contribution in [3.8, 4) is 0 Å². The van der Waals surface area contributed by atoms with Gasteiger partial charge in [-0.1, -0.05) is 43.6 Å². The van der Waals surface area contributed by atoms with Crippen LogP contribution in [-0.2, 0) is 9.59 Å². The number of nitrogens with zero attached hydrogens (tertiary/aromatic N) is 2. The second kappa shape index (κ2) is 12.5. The predicted octanol–water partition coefficient (Wildman–Crippen LogP) is 3.25. The molecule has 3 aliphatic rings. The Kier molecular flexibility index (Phi) is 9.79. The van der Waals surface area contributed by atoms with Crippen molar-refractivity contribution in [2.45, 2.75) is 89.8 Å². The van der Waals surface area contributed by atoms with Crippen LogP contribution < -0.4 is 10.6 Å². The molecule has 32 heavy (non-hydrogen) atoms. The van der Waals surface area contributed by atoms with Gasteiger partial charge in [-0.25, -0.2) is 0 Å². The van der Waals surface area contributed by atoms with Gasteiger partial charge in [0.1, 0.15) is 6.04 Å². The molecule has 2 aliphatic heterocycles. The predicted molar refractivity (Wildman–Crippen MR) is 130 cm³/mol. The van der Waals surface area contributed by atoms with Crippen LogP contribution in [0.2, 0.25) is 0 Å². The molecule has 0 bridgehead atoms. The van der Waals surface area contributed by atoms with Crippen LogP contribution in [0.5, 0.6) is 0 Å². The minimum atomic E-state index is -0.409. The summed E-state index contributed by atoms with van der Waals surface area (Å²) < 4.78 is 0. The number of carbonyl (C=O) groups is 2. The first-order valence-corrected chi connectivity index (χ1v) is 12.9. The second-order valence-electron chi connectivity index (χ2n) is 9.85. The number of fused-ring (bicyclic) bond motifs is 1. The summed E-state index contributed by atoms with van der Waals surface area (Å²) in [6.45, 7) is 7.99. The largest absolute Gasteiger partial charge is 0.343 e. The lowest BCUT2D eigenvalue weighted by Gasteiger charge is -2.34. The Balaban J connectivity index is 1.64. The molecule has 3 rings (SSSR count). The van der Waals surface area contributed by atoms with Crippen LogP contribution in [0.3, 0.4) is 0 Å². The molecule has 0 saturated carbocycles. The van der Waals surface area contributed by atoms with Crippen LogP contribution in [0.1, 0.15) is 71.6 Å². The third-order valence-electron chi connectivity index (χ3n) is 7.60. The van der Waals surface area contributed by atoms with Crippen molar-refractivity contribution in [1.82, 2.24) is 20.4 Å². The zero-order valence-electron chi connectivity index (χ0n) is 20.4. The van der Waals surface area contributed by atoms with Gasteiger partial charge in [0.05, 0.1) is 6.04 Å². The second-order valence-corrected chi connectivity index (χ2v) is 9.85. The number of hydrogen-bond donors (Lipinski definition) is 2. The van der Waals surface area contributed by atoms with Gasteiger partial charge in [-0.15, -0.1) is 0 Å². The van der Waals surface area contributed by atoms with E-state index in [0.717, 1.165) is 64.7 Å². The Labute approximate surface area is 194 Å². The van der Waals surface area contributed by atoms with Crippen molar-refractivity contribution in [2.24, 2.45) is 5.92 Å². The highest BCUT2D eigenvalue weighted by molar-refractivity contribution is 5.89. The summed E-state index contributed by atoms with van der Waals surface area (Å²) in [4.78, 5) is 30.9. The molecule has 0 aromatic rings. The average Bonchev–Trinajstić information content (AvgIpc) is 3.10. The summed E-state index contributed by atoms with van der Waals surface area (Å²) in [5.41, 5.74) is 1.55. The van der Waals surface area contributed by atoms with E-state index in [-0.39, 0.29) is 23.9 Å². The van der Waals surface area contributed by atoms with Gasteiger partial charge in [-0.2, -0.15) is 0 Å². The maximum absolute atomic E-state index is 13.6. The monoisotopic (exact) mass is 444 g/mol. The molecule has 2 saturated heterocycles. The van der Waals surface area contributed by atoms with Crippen molar-refractivity contribution in [2.75, 3.05) is 33.2 Å². The van der Waals surface area contributed by atoms with Gasteiger partial charge in [0, 0.05) is 25.7 Å². The maximum atomic E-state index is 13.6. The number of amides is 2. The quantitative estimate of drug-likeness (QED) is 0.543. The van der Waals surface area contributed by atoms with Crippen LogP contribution in [-0.4, -0.2) is 73.0 Å². The Morgan fingerprint density at radius 2 is 2.09 bits per heavy atom. The molecule has 2 heterocycles. The molecule has 180 valence electrons. The van der Waals surface area contributed by atoms with E-state index in [4.69, 9.17) is 0 Å². The van der Waals surface area contributed by atoms with Crippen LogP contribution in [0.25, 0.3) is 0 Å². The van der Waals surface area contributed by atoms with E-state index in [2.05, 4.69) is 45.6 Å². The van der Waals surface area contributed by atoms with E-state index in [9.17, 15) is 9.59 Å². The minimum Gasteiger partial charge on any atom is -0.343 e. The molecule has 6 nitrogen and oxygen atoms in total. The summed E-state index contributed by atoms with van der Waals surface area (Å²) in [6, 6.07) is -0.420. The first-order chi connectivity index (χ1) is 15.5. The van der Waals surface area contributed by atoms with Crippen molar-refractivity contribution >= 4 is 11.8 Å². The van der Waals surface area contributed by atoms with Crippen LogP contribution in [0, 0.1) is 5.92 Å². The summed E-state index contributed by atoms with van der Waals surface area (Å²) in [5, 5.41) is 6.03. The van der Waals surface area contributed by atoms with Gasteiger partial charge in [0.2, 0.25) is 11.8 Å². The summed E-state index contributed by atoms with van der Waals surface area (Å²) >= 11 is 0. The molecule has 4 atom stereocenters. The Bertz CT molecular complexity index is 689. The van der Waals surface area contributed by atoms with Crippen LogP contribution in [0.15, 0.2) is 23.8 Å². The molecule has 2 N–H and O–H groups in total. The molecule has 0 unspecified atom stereocenters. The Morgan fingerprint density at radius 3 is 2.81 bits per heavy atom. The van der Waals surface area contributed by atoms with Crippen molar-refractivity contribution in [3.63, 3.8) is 0 Å². The van der Waals surface area contributed by atoms with Crippen LogP contribution in [0.4, 0.5) is 0 Å². The van der Waals surface area contributed by atoms with Crippen molar-refractivity contribution < 1.29 is 9.59 Å². The number of unbranched alkanes of at least 4 members (excludes halogenated alkanes) is 1. The highest BCUT2D eigenvalue weighted by Crippen LogP contribution is 2.32. The van der Waals surface area contributed by atoms with Crippen molar-refractivity contribution in [3.05, 3.63) is 23.8 Å². The van der Waals surface area contributed by atoms with E-state index in [1.807, 2.05) is 6.92 Å². The summed E-state index contributed by atoms with van der Waals surface area (Å²) in [6.07, 6.45) is 16.4. The lowest BCUT2D eigenvalue weighted by Crippen LogP contribution is -2.55. The fourth-order valence-electron chi connectivity index (χ4n) is 5.37. The fourth-order valence-corrected chi connectivity index (χ4v) is 5.37. The number of allylic oxidation sites excluding steroid dienone is 3. The average molecular weight is 445 g/mol. The van der Waals surface area contributed by atoms with Gasteiger partial charge in [-0.3, -0.25) is 9.59 Å². The third kappa shape index (κ3) is 6.67. The van der Waals surface area contributed by atoms with E-state index >= 15 is 0 Å². The smallest absolute Gasteiger partial charge is 0.245 e. The fraction of sp³-hybridized carbons (Fsp3) is 0.769. The number of hydrogen-bond acceptors (Lipinski definition) is 4. The molecular weight excluding hydrogens is 400 g/mol. The molecule has 0 radical (unpaired) electrons. The molecule has 6 heteroatoms.